The number of amides is 1. The van der Waals surface area contributed by atoms with Crippen LogP contribution in [0.5, 0.6) is 0 Å². The second-order valence-corrected chi connectivity index (χ2v) is 6.16. The zero-order chi connectivity index (χ0) is 15.4. The molecule has 2 aromatic rings. The molecule has 1 heterocycles. The Morgan fingerprint density at radius 1 is 1.48 bits per heavy atom. The van der Waals surface area contributed by atoms with Crippen LogP contribution in [-0.2, 0) is 22.1 Å². The van der Waals surface area contributed by atoms with Gasteiger partial charge in [-0.3, -0.25) is 9.00 Å². The zero-order valence-corrected chi connectivity index (χ0v) is 12.2. The number of nitrogens with two attached hydrogens (primary N) is 1. The van der Waals surface area contributed by atoms with E-state index in [1.165, 1.54) is 19.3 Å². The molecule has 5 nitrogen and oxygen atoms in total. The number of rotatable bonds is 5. The molecule has 2 rings (SSSR count). The molecular weight excluding hydrogens is 295 g/mol. The summed E-state index contributed by atoms with van der Waals surface area (Å²) in [7, 11) is -1.66. The minimum atomic E-state index is -1.66. The van der Waals surface area contributed by atoms with E-state index in [-0.39, 0.29) is 17.1 Å². The maximum atomic E-state index is 13.0. The molecule has 0 saturated carbocycles. The van der Waals surface area contributed by atoms with Gasteiger partial charge in [0.2, 0.25) is 5.91 Å². The Labute approximate surface area is 123 Å². The molecule has 2 atom stereocenters. The molecule has 7 heteroatoms. The van der Waals surface area contributed by atoms with Gasteiger partial charge in [0.25, 0.3) is 0 Å². The van der Waals surface area contributed by atoms with E-state index >= 15 is 0 Å². The van der Waals surface area contributed by atoms with Gasteiger partial charge < -0.3 is 15.5 Å². The van der Waals surface area contributed by atoms with E-state index in [2.05, 4.69) is 5.32 Å². The summed E-state index contributed by atoms with van der Waals surface area (Å²) in [5.74, 6) is -0.306. The molecule has 0 bridgehead atoms. The lowest BCUT2D eigenvalue weighted by atomic mass is 10.3. The molecule has 0 fully saturated rings. The minimum Gasteiger partial charge on any atom is -0.467 e. The predicted octanol–water partition coefficient (Wildman–Crippen LogP) is 1.81. The van der Waals surface area contributed by atoms with Crippen molar-refractivity contribution in [2.45, 2.75) is 23.6 Å². The Kier molecular flexibility index (Phi) is 4.74. The molecule has 0 radical (unpaired) electrons. The van der Waals surface area contributed by atoms with Crippen LogP contribution in [0.25, 0.3) is 0 Å². The normalized spacial score (nSPS) is 13.6. The molecule has 3 N–H and O–H groups in total. The molecule has 1 amide bonds. The summed E-state index contributed by atoms with van der Waals surface area (Å²) in [6.07, 6.45) is 1.50. The second-order valence-electron chi connectivity index (χ2n) is 4.42. The topological polar surface area (TPSA) is 85.3 Å². The van der Waals surface area contributed by atoms with Gasteiger partial charge in [0.05, 0.1) is 34.2 Å². The van der Waals surface area contributed by atoms with Crippen LogP contribution in [0, 0.1) is 5.82 Å². The summed E-state index contributed by atoms with van der Waals surface area (Å²) < 4.78 is 30.4. The number of benzene rings is 1. The quantitative estimate of drug-likeness (QED) is 0.825. The SMILES string of the molecule is CC(C(=O)NCc1ccco1)S(=O)c1ccc(F)cc1N. The van der Waals surface area contributed by atoms with Crippen molar-refractivity contribution in [3.05, 3.63) is 48.2 Å². The lowest BCUT2D eigenvalue weighted by molar-refractivity contribution is -0.120. The van der Waals surface area contributed by atoms with E-state index in [9.17, 15) is 13.4 Å². The Morgan fingerprint density at radius 2 is 2.24 bits per heavy atom. The van der Waals surface area contributed by atoms with Crippen molar-refractivity contribution < 1.29 is 17.8 Å². The van der Waals surface area contributed by atoms with Crippen LogP contribution in [0.4, 0.5) is 10.1 Å². The smallest absolute Gasteiger partial charge is 0.236 e. The average Bonchev–Trinajstić information content (AvgIpc) is 2.96. The summed E-state index contributed by atoms with van der Waals surface area (Å²) in [6, 6.07) is 7.01. The third-order valence-electron chi connectivity index (χ3n) is 2.90. The molecule has 0 spiro atoms. The zero-order valence-electron chi connectivity index (χ0n) is 11.3. The van der Waals surface area contributed by atoms with E-state index in [1.54, 1.807) is 12.1 Å². The molecular formula is C14H15FN2O3S. The van der Waals surface area contributed by atoms with Crippen molar-refractivity contribution >= 4 is 22.4 Å². The van der Waals surface area contributed by atoms with E-state index in [0.717, 1.165) is 12.1 Å². The van der Waals surface area contributed by atoms with Crippen LogP contribution in [0.3, 0.4) is 0 Å². The fourth-order valence-electron chi connectivity index (χ4n) is 1.72. The lowest BCUT2D eigenvalue weighted by Crippen LogP contribution is -2.35. The second kappa shape index (κ2) is 6.53. The molecule has 0 aliphatic heterocycles. The van der Waals surface area contributed by atoms with Gasteiger partial charge in [-0.25, -0.2) is 4.39 Å². The molecule has 2 unspecified atom stereocenters. The van der Waals surface area contributed by atoms with Gasteiger partial charge >= 0.3 is 0 Å². The highest BCUT2D eigenvalue weighted by atomic mass is 32.2. The van der Waals surface area contributed by atoms with Gasteiger partial charge in [0, 0.05) is 0 Å². The van der Waals surface area contributed by atoms with Gasteiger partial charge in [-0.2, -0.15) is 0 Å². The maximum Gasteiger partial charge on any atom is 0.236 e. The first-order valence-electron chi connectivity index (χ1n) is 6.24. The maximum absolute atomic E-state index is 13.0. The van der Waals surface area contributed by atoms with Crippen LogP contribution in [0.1, 0.15) is 12.7 Å². The van der Waals surface area contributed by atoms with Crippen molar-refractivity contribution in [1.82, 2.24) is 5.32 Å². The predicted molar refractivity (Wildman–Crippen MR) is 77.2 cm³/mol. The molecule has 0 aliphatic rings. The highest BCUT2D eigenvalue weighted by molar-refractivity contribution is 7.86. The Hall–Kier alpha value is -2.15. The number of anilines is 1. The number of hydrogen-bond acceptors (Lipinski definition) is 4. The molecule has 0 aliphatic carbocycles. The number of furan rings is 1. The fraction of sp³-hybridized carbons (Fsp3) is 0.214. The van der Waals surface area contributed by atoms with E-state index in [4.69, 9.17) is 10.2 Å². The van der Waals surface area contributed by atoms with Crippen molar-refractivity contribution in [3.63, 3.8) is 0 Å². The Morgan fingerprint density at radius 3 is 2.86 bits per heavy atom. The van der Waals surface area contributed by atoms with Crippen molar-refractivity contribution in [1.29, 1.82) is 0 Å². The molecule has 0 saturated heterocycles. The summed E-state index contributed by atoms with van der Waals surface area (Å²) in [6.45, 7) is 1.74. The first-order valence-corrected chi connectivity index (χ1v) is 7.46. The van der Waals surface area contributed by atoms with Gasteiger partial charge in [-0.15, -0.1) is 0 Å². The first-order chi connectivity index (χ1) is 9.99. The number of hydrogen-bond donors (Lipinski definition) is 2. The standard InChI is InChI=1S/C14H15FN2O3S/c1-9(14(18)17-8-11-3-2-6-20-11)21(19)13-5-4-10(15)7-12(13)16/h2-7,9H,8,16H2,1H3,(H,17,18). The van der Waals surface area contributed by atoms with Gasteiger partial charge in [0.15, 0.2) is 0 Å². The Bertz CT molecular complexity index is 658. The molecule has 1 aromatic heterocycles. The van der Waals surface area contributed by atoms with Crippen molar-refractivity contribution in [2.75, 3.05) is 5.73 Å². The lowest BCUT2D eigenvalue weighted by Gasteiger charge is -2.13. The summed E-state index contributed by atoms with van der Waals surface area (Å²) in [5.41, 5.74) is 5.70. The van der Waals surface area contributed by atoms with Gasteiger partial charge in [-0.1, -0.05) is 0 Å². The third kappa shape index (κ3) is 3.69. The average molecular weight is 310 g/mol. The third-order valence-corrected chi connectivity index (χ3v) is 4.56. The van der Waals surface area contributed by atoms with E-state index in [0.29, 0.717) is 5.76 Å². The number of nitrogen functional groups attached to an aromatic ring is 1. The fourth-order valence-corrected chi connectivity index (χ4v) is 2.87. The summed E-state index contributed by atoms with van der Waals surface area (Å²) in [5, 5.41) is 1.81. The van der Waals surface area contributed by atoms with Crippen molar-refractivity contribution in [2.24, 2.45) is 0 Å². The highest BCUT2D eigenvalue weighted by Crippen LogP contribution is 2.20. The summed E-state index contributed by atoms with van der Waals surface area (Å²) >= 11 is 0. The minimum absolute atomic E-state index is 0.0685. The first kappa shape index (κ1) is 15.2. The van der Waals surface area contributed by atoms with E-state index in [1.807, 2.05) is 0 Å². The van der Waals surface area contributed by atoms with Gasteiger partial charge in [0.1, 0.15) is 16.8 Å². The van der Waals surface area contributed by atoms with Crippen molar-refractivity contribution in [3.8, 4) is 0 Å². The highest BCUT2D eigenvalue weighted by Gasteiger charge is 2.23. The molecule has 1 aromatic carbocycles. The van der Waals surface area contributed by atoms with Crippen LogP contribution in [-0.4, -0.2) is 15.4 Å². The monoisotopic (exact) mass is 310 g/mol. The van der Waals surface area contributed by atoms with Gasteiger partial charge in [-0.05, 0) is 37.3 Å². The number of halogens is 1. The Balaban J connectivity index is 2.02. The van der Waals surface area contributed by atoms with Crippen LogP contribution in [0.15, 0.2) is 45.9 Å². The van der Waals surface area contributed by atoms with Crippen LogP contribution >= 0.6 is 0 Å². The van der Waals surface area contributed by atoms with E-state index < -0.39 is 27.8 Å². The molecule has 112 valence electrons. The molecule has 21 heavy (non-hydrogen) atoms. The largest absolute Gasteiger partial charge is 0.467 e. The number of carbonyl (C=O) groups excluding carboxylic acids is 1. The summed E-state index contributed by atoms with van der Waals surface area (Å²) in [4.78, 5) is 12.2. The van der Waals surface area contributed by atoms with Crippen LogP contribution < -0.4 is 11.1 Å². The number of carbonyl (C=O) groups is 1. The van der Waals surface area contributed by atoms with Crippen LogP contribution in [0.2, 0.25) is 0 Å². The number of nitrogens with one attached hydrogen (secondary N) is 1.